The third-order valence-corrected chi connectivity index (χ3v) is 1.26. The van der Waals surface area contributed by atoms with Crippen LogP contribution in [0.2, 0.25) is 0 Å². The Morgan fingerprint density at radius 1 is 1.18 bits per heavy atom. The number of methoxy groups -OCH3 is 2. The summed E-state index contributed by atoms with van der Waals surface area (Å²) in [6, 6.07) is 1.57. The first-order valence-electron chi connectivity index (χ1n) is 2.90. The molecule has 0 bridgehead atoms. The maximum atomic E-state index is 4.84. The molecule has 1 aromatic rings. The van der Waals surface area contributed by atoms with Crippen molar-refractivity contribution in [1.82, 2.24) is 9.97 Å². The van der Waals surface area contributed by atoms with Crippen LogP contribution in [0.5, 0.6) is 11.8 Å². The first kappa shape index (κ1) is 8.00. The van der Waals surface area contributed by atoms with Crippen molar-refractivity contribution in [2.75, 3.05) is 14.2 Å². The van der Waals surface area contributed by atoms with Crippen molar-refractivity contribution in [3.05, 3.63) is 6.07 Å². The molecule has 0 fully saturated rings. The highest BCUT2D eigenvalue weighted by Crippen LogP contribution is 2.13. The Morgan fingerprint density at radius 2 is 1.64 bits per heavy atom. The predicted octanol–water partition coefficient (Wildman–Crippen LogP) is 0.400. The van der Waals surface area contributed by atoms with Crippen LogP contribution in [0.15, 0.2) is 11.2 Å². The monoisotopic (exact) mass is 171 g/mol. The van der Waals surface area contributed by atoms with Gasteiger partial charge in [-0.15, -0.1) is 0 Å². The van der Waals surface area contributed by atoms with Crippen LogP contribution in [0.1, 0.15) is 0 Å². The topological polar surface area (TPSA) is 44.2 Å². The van der Waals surface area contributed by atoms with Crippen molar-refractivity contribution >= 4 is 12.6 Å². The van der Waals surface area contributed by atoms with Crippen LogP contribution in [-0.2, 0) is 12.6 Å². The number of hydrogen-bond donors (Lipinski definition) is 0. The SMILES string of the molecule is COc1cc(OC)nc([S-])n1. The standard InChI is InChI=1S/C6H8N2O2S/c1-9-4-3-5(10-2)8-6(11)7-4/h3H,1-2H3,(H,7,8,11)/p-1. The molecule has 0 saturated heterocycles. The first-order chi connectivity index (χ1) is 5.26. The van der Waals surface area contributed by atoms with E-state index >= 15 is 0 Å². The molecule has 0 radical (unpaired) electrons. The lowest BCUT2D eigenvalue weighted by molar-refractivity contribution is 0.364. The van der Waals surface area contributed by atoms with Crippen molar-refractivity contribution in [3.8, 4) is 11.8 Å². The number of ether oxygens (including phenoxy) is 2. The molecule has 60 valence electrons. The molecule has 0 aromatic carbocycles. The van der Waals surface area contributed by atoms with E-state index in [2.05, 4.69) is 9.97 Å². The van der Waals surface area contributed by atoms with Gasteiger partial charge in [-0.3, -0.25) is 0 Å². The number of hydrogen-bond acceptors (Lipinski definition) is 5. The normalized spacial score (nSPS) is 9.27. The summed E-state index contributed by atoms with van der Waals surface area (Å²) in [5, 5.41) is 0.223. The van der Waals surface area contributed by atoms with E-state index in [1.165, 1.54) is 14.2 Å². The molecule has 11 heavy (non-hydrogen) atoms. The fourth-order valence-electron chi connectivity index (χ4n) is 0.593. The Labute approximate surface area is 70.0 Å². The zero-order valence-electron chi connectivity index (χ0n) is 6.20. The van der Waals surface area contributed by atoms with Gasteiger partial charge in [0.15, 0.2) is 0 Å². The van der Waals surface area contributed by atoms with E-state index < -0.39 is 0 Å². The molecule has 4 nitrogen and oxygen atoms in total. The Kier molecular flexibility index (Phi) is 2.43. The maximum absolute atomic E-state index is 4.84. The van der Waals surface area contributed by atoms with E-state index in [9.17, 15) is 0 Å². The largest absolute Gasteiger partial charge is 0.740 e. The van der Waals surface area contributed by atoms with Gasteiger partial charge in [0, 0.05) is 5.16 Å². The highest BCUT2D eigenvalue weighted by molar-refractivity contribution is 7.58. The van der Waals surface area contributed by atoms with Crippen molar-refractivity contribution in [2.45, 2.75) is 5.16 Å². The Morgan fingerprint density at radius 3 is 2.00 bits per heavy atom. The van der Waals surface area contributed by atoms with Gasteiger partial charge in [-0.25, -0.2) is 9.97 Å². The summed E-state index contributed by atoms with van der Waals surface area (Å²) in [6.07, 6.45) is 0. The van der Waals surface area contributed by atoms with Crippen molar-refractivity contribution in [3.63, 3.8) is 0 Å². The van der Waals surface area contributed by atoms with Gasteiger partial charge in [0.1, 0.15) is 0 Å². The van der Waals surface area contributed by atoms with Gasteiger partial charge in [0.25, 0.3) is 0 Å². The Bertz CT molecular complexity index is 232. The van der Waals surface area contributed by atoms with Gasteiger partial charge >= 0.3 is 0 Å². The van der Waals surface area contributed by atoms with Crippen molar-refractivity contribution in [2.24, 2.45) is 0 Å². The van der Waals surface area contributed by atoms with Crippen molar-refractivity contribution in [1.29, 1.82) is 0 Å². The summed E-state index contributed by atoms with van der Waals surface area (Å²) >= 11 is 4.74. The minimum Gasteiger partial charge on any atom is -0.740 e. The molecule has 1 rings (SSSR count). The van der Waals surface area contributed by atoms with Gasteiger partial charge < -0.3 is 22.1 Å². The van der Waals surface area contributed by atoms with E-state index in [-0.39, 0.29) is 5.16 Å². The van der Waals surface area contributed by atoms with Crippen LogP contribution < -0.4 is 9.47 Å². The van der Waals surface area contributed by atoms with Crippen LogP contribution in [0.25, 0.3) is 0 Å². The number of nitrogens with zero attached hydrogens (tertiary/aromatic N) is 2. The minimum atomic E-state index is 0.223. The molecule has 0 spiro atoms. The Hall–Kier alpha value is -1.10. The summed E-state index contributed by atoms with van der Waals surface area (Å²) in [5.74, 6) is 0.837. The van der Waals surface area contributed by atoms with E-state index in [0.29, 0.717) is 11.8 Å². The van der Waals surface area contributed by atoms with Gasteiger partial charge in [0.2, 0.25) is 11.8 Å². The van der Waals surface area contributed by atoms with E-state index in [0.717, 1.165) is 0 Å². The zero-order valence-corrected chi connectivity index (χ0v) is 7.01. The number of rotatable bonds is 2. The average molecular weight is 171 g/mol. The third kappa shape index (κ3) is 1.91. The molecule has 0 aliphatic rings. The molecule has 1 heterocycles. The van der Waals surface area contributed by atoms with E-state index in [4.69, 9.17) is 22.1 Å². The van der Waals surface area contributed by atoms with Gasteiger partial charge in [-0.05, 0) is 0 Å². The second-order valence-electron chi connectivity index (χ2n) is 1.74. The lowest BCUT2D eigenvalue weighted by Gasteiger charge is -2.07. The van der Waals surface area contributed by atoms with Crippen LogP contribution in [-0.4, -0.2) is 24.2 Å². The molecule has 0 aliphatic heterocycles. The van der Waals surface area contributed by atoms with E-state index in [1.807, 2.05) is 0 Å². The molecule has 0 aliphatic carbocycles. The molecule has 0 N–H and O–H groups in total. The average Bonchev–Trinajstić information content (AvgIpc) is 2.03. The molecular formula is C6H7N2O2S-. The summed E-state index contributed by atoms with van der Waals surface area (Å²) in [4.78, 5) is 7.60. The molecular weight excluding hydrogens is 164 g/mol. The summed E-state index contributed by atoms with van der Waals surface area (Å²) in [5.41, 5.74) is 0. The second kappa shape index (κ2) is 3.34. The van der Waals surface area contributed by atoms with Crippen LogP contribution >= 0.6 is 0 Å². The quantitative estimate of drug-likeness (QED) is 0.476. The summed E-state index contributed by atoms with van der Waals surface area (Å²) in [7, 11) is 3.02. The maximum Gasteiger partial charge on any atom is 0.218 e. The fourth-order valence-corrected chi connectivity index (χ4v) is 0.773. The second-order valence-corrected chi connectivity index (χ2v) is 2.10. The summed E-state index contributed by atoms with van der Waals surface area (Å²) < 4.78 is 9.68. The zero-order chi connectivity index (χ0) is 8.27. The molecule has 5 heteroatoms. The van der Waals surface area contributed by atoms with Crippen LogP contribution in [0, 0.1) is 0 Å². The lowest BCUT2D eigenvalue weighted by atomic mass is 10.6. The van der Waals surface area contributed by atoms with Gasteiger partial charge in [-0.1, -0.05) is 0 Å². The van der Waals surface area contributed by atoms with Crippen LogP contribution in [0.3, 0.4) is 0 Å². The Balaban J connectivity index is 3.02. The highest BCUT2D eigenvalue weighted by Gasteiger charge is 1.96. The lowest BCUT2D eigenvalue weighted by Crippen LogP contribution is -1.95. The van der Waals surface area contributed by atoms with Crippen molar-refractivity contribution < 1.29 is 9.47 Å². The smallest absolute Gasteiger partial charge is 0.218 e. The van der Waals surface area contributed by atoms with Gasteiger partial charge in [-0.2, -0.15) is 0 Å². The van der Waals surface area contributed by atoms with Crippen LogP contribution in [0.4, 0.5) is 0 Å². The highest BCUT2D eigenvalue weighted by atomic mass is 32.1. The minimum absolute atomic E-state index is 0.223. The molecule has 0 amide bonds. The molecule has 0 unspecified atom stereocenters. The predicted molar refractivity (Wildman–Crippen MR) is 40.8 cm³/mol. The molecule has 1 aromatic heterocycles. The van der Waals surface area contributed by atoms with E-state index in [1.54, 1.807) is 6.07 Å². The third-order valence-electron chi connectivity index (χ3n) is 1.08. The summed E-state index contributed by atoms with van der Waals surface area (Å²) in [6.45, 7) is 0. The number of aromatic nitrogens is 2. The first-order valence-corrected chi connectivity index (χ1v) is 3.31. The molecule has 0 saturated carbocycles. The fraction of sp³-hybridized carbons (Fsp3) is 0.333. The molecule has 0 atom stereocenters. The van der Waals surface area contributed by atoms with Gasteiger partial charge in [0.05, 0.1) is 20.3 Å².